The van der Waals surface area contributed by atoms with E-state index in [0.717, 1.165) is 5.56 Å². The highest BCUT2D eigenvalue weighted by Gasteiger charge is 2.33. The second-order valence-corrected chi connectivity index (χ2v) is 5.53. The number of amides is 1. The molecule has 21 heavy (non-hydrogen) atoms. The Labute approximate surface area is 124 Å². The second kappa shape index (κ2) is 6.16. The van der Waals surface area contributed by atoms with Crippen LogP contribution in [0.25, 0.3) is 0 Å². The highest BCUT2D eigenvalue weighted by Crippen LogP contribution is 2.37. The molecule has 1 aliphatic heterocycles. The molecule has 0 radical (unpaired) electrons. The van der Waals surface area contributed by atoms with Crippen molar-refractivity contribution in [2.45, 2.75) is 45.6 Å². The SMILES string of the molecule is CCC1Oc2ccc(C(C)C)cc2N(CCC(=O)O)C1=O. The zero-order valence-corrected chi connectivity index (χ0v) is 12.6. The molecule has 1 aromatic rings. The highest BCUT2D eigenvalue weighted by atomic mass is 16.5. The van der Waals surface area contributed by atoms with Crippen molar-refractivity contribution in [2.75, 3.05) is 11.4 Å². The maximum Gasteiger partial charge on any atom is 0.305 e. The van der Waals surface area contributed by atoms with Gasteiger partial charge in [-0.15, -0.1) is 0 Å². The number of ether oxygens (including phenoxy) is 1. The maximum absolute atomic E-state index is 12.4. The van der Waals surface area contributed by atoms with Crippen LogP contribution in [-0.2, 0) is 9.59 Å². The number of carboxylic acids is 1. The summed E-state index contributed by atoms with van der Waals surface area (Å²) < 4.78 is 5.73. The number of fused-ring (bicyclic) bond motifs is 1. The van der Waals surface area contributed by atoms with Gasteiger partial charge in [0.05, 0.1) is 12.1 Å². The number of anilines is 1. The van der Waals surface area contributed by atoms with Crippen LogP contribution in [0.5, 0.6) is 5.75 Å². The third-order valence-electron chi connectivity index (χ3n) is 3.67. The van der Waals surface area contributed by atoms with Crippen molar-refractivity contribution in [3.63, 3.8) is 0 Å². The van der Waals surface area contributed by atoms with Crippen LogP contribution in [0.15, 0.2) is 18.2 Å². The molecule has 1 aromatic carbocycles. The Hall–Kier alpha value is -2.04. The van der Waals surface area contributed by atoms with E-state index in [1.54, 1.807) is 4.90 Å². The van der Waals surface area contributed by atoms with Crippen molar-refractivity contribution in [3.8, 4) is 5.75 Å². The first-order valence-corrected chi connectivity index (χ1v) is 7.27. The largest absolute Gasteiger partial charge is 0.481 e. The van der Waals surface area contributed by atoms with Gasteiger partial charge < -0.3 is 14.7 Å². The fraction of sp³-hybridized carbons (Fsp3) is 0.500. The van der Waals surface area contributed by atoms with Crippen LogP contribution >= 0.6 is 0 Å². The van der Waals surface area contributed by atoms with Gasteiger partial charge in [-0.2, -0.15) is 0 Å². The average Bonchev–Trinajstić information content (AvgIpc) is 2.44. The van der Waals surface area contributed by atoms with Crippen LogP contribution in [0.2, 0.25) is 0 Å². The molecular formula is C16H21NO4. The molecule has 0 aliphatic carbocycles. The summed E-state index contributed by atoms with van der Waals surface area (Å²) in [7, 11) is 0. The van der Waals surface area contributed by atoms with Crippen molar-refractivity contribution in [3.05, 3.63) is 23.8 Å². The van der Waals surface area contributed by atoms with Gasteiger partial charge in [0.2, 0.25) is 0 Å². The highest BCUT2D eigenvalue weighted by molar-refractivity contribution is 6.00. The first-order chi connectivity index (χ1) is 9.93. The molecular weight excluding hydrogens is 270 g/mol. The lowest BCUT2D eigenvalue weighted by atomic mass is 10.0. The summed E-state index contributed by atoms with van der Waals surface area (Å²) in [5.74, 6) is -0.0945. The molecule has 5 heteroatoms. The first kappa shape index (κ1) is 15.4. The molecule has 5 nitrogen and oxygen atoms in total. The Balaban J connectivity index is 2.39. The van der Waals surface area contributed by atoms with Crippen molar-refractivity contribution < 1.29 is 19.4 Å². The number of rotatable bonds is 5. The van der Waals surface area contributed by atoms with E-state index in [-0.39, 0.29) is 18.9 Å². The standard InChI is InChI=1S/C16H21NO4/c1-4-13-16(20)17(8-7-15(18)19)12-9-11(10(2)3)5-6-14(12)21-13/h5-6,9-10,13H,4,7-8H2,1-3H3,(H,18,19). The molecule has 0 saturated heterocycles. The fourth-order valence-corrected chi connectivity index (χ4v) is 2.40. The van der Waals surface area contributed by atoms with Gasteiger partial charge in [-0.1, -0.05) is 26.8 Å². The molecule has 1 heterocycles. The van der Waals surface area contributed by atoms with Gasteiger partial charge in [-0.3, -0.25) is 9.59 Å². The molecule has 0 bridgehead atoms. The fourth-order valence-electron chi connectivity index (χ4n) is 2.40. The van der Waals surface area contributed by atoms with Crippen LogP contribution in [0.3, 0.4) is 0 Å². The summed E-state index contributed by atoms with van der Waals surface area (Å²) in [6.07, 6.45) is -0.0439. The Morgan fingerprint density at radius 2 is 2.14 bits per heavy atom. The van der Waals surface area contributed by atoms with E-state index < -0.39 is 12.1 Å². The number of carbonyl (C=O) groups excluding carboxylic acids is 1. The summed E-state index contributed by atoms with van der Waals surface area (Å²) in [6, 6.07) is 5.78. The summed E-state index contributed by atoms with van der Waals surface area (Å²) >= 11 is 0. The monoisotopic (exact) mass is 291 g/mol. The molecule has 0 saturated carbocycles. The third-order valence-corrected chi connectivity index (χ3v) is 3.67. The van der Waals surface area contributed by atoms with Crippen molar-refractivity contribution in [1.29, 1.82) is 0 Å². The number of carboxylic acid groups (broad SMARTS) is 1. The normalized spacial score (nSPS) is 17.6. The van der Waals surface area contributed by atoms with Crippen LogP contribution < -0.4 is 9.64 Å². The minimum atomic E-state index is -0.913. The quantitative estimate of drug-likeness (QED) is 0.906. The first-order valence-electron chi connectivity index (χ1n) is 7.27. The van der Waals surface area contributed by atoms with Gasteiger partial charge >= 0.3 is 5.97 Å². The molecule has 1 aliphatic rings. The van der Waals surface area contributed by atoms with Gasteiger partial charge in [-0.05, 0) is 30.0 Å². The molecule has 114 valence electrons. The van der Waals surface area contributed by atoms with E-state index in [0.29, 0.717) is 23.8 Å². The van der Waals surface area contributed by atoms with Gasteiger partial charge in [0.15, 0.2) is 6.10 Å². The lowest BCUT2D eigenvalue weighted by molar-refractivity contribution is -0.136. The topological polar surface area (TPSA) is 66.8 Å². The number of benzene rings is 1. The van der Waals surface area contributed by atoms with Gasteiger partial charge in [-0.25, -0.2) is 0 Å². The summed E-state index contributed by atoms with van der Waals surface area (Å²) in [4.78, 5) is 24.8. The molecule has 0 aromatic heterocycles. The molecule has 1 amide bonds. The lowest BCUT2D eigenvalue weighted by Crippen LogP contribution is -2.46. The minimum Gasteiger partial charge on any atom is -0.481 e. The number of aliphatic carboxylic acids is 1. The van der Waals surface area contributed by atoms with E-state index in [4.69, 9.17) is 9.84 Å². The van der Waals surface area contributed by atoms with E-state index >= 15 is 0 Å². The van der Waals surface area contributed by atoms with Crippen molar-refractivity contribution in [1.82, 2.24) is 0 Å². The van der Waals surface area contributed by atoms with E-state index in [1.165, 1.54) is 0 Å². The van der Waals surface area contributed by atoms with Crippen LogP contribution in [0.4, 0.5) is 5.69 Å². The molecule has 1 unspecified atom stereocenters. The predicted molar refractivity (Wildman–Crippen MR) is 79.8 cm³/mol. The maximum atomic E-state index is 12.4. The Kier molecular flexibility index (Phi) is 4.50. The van der Waals surface area contributed by atoms with Gasteiger partial charge in [0, 0.05) is 6.54 Å². The van der Waals surface area contributed by atoms with Gasteiger partial charge in [0.1, 0.15) is 5.75 Å². The Morgan fingerprint density at radius 3 is 2.71 bits per heavy atom. The van der Waals surface area contributed by atoms with E-state index in [1.807, 2.05) is 25.1 Å². The number of hydrogen-bond donors (Lipinski definition) is 1. The van der Waals surface area contributed by atoms with Crippen LogP contribution in [-0.4, -0.2) is 29.6 Å². The summed E-state index contributed by atoms with van der Waals surface area (Å²) in [5.41, 5.74) is 1.78. The van der Waals surface area contributed by atoms with E-state index in [2.05, 4.69) is 13.8 Å². The molecule has 1 atom stereocenters. The van der Waals surface area contributed by atoms with Crippen LogP contribution in [0, 0.1) is 0 Å². The summed E-state index contributed by atoms with van der Waals surface area (Å²) in [5, 5.41) is 8.88. The van der Waals surface area contributed by atoms with Crippen molar-refractivity contribution in [2.24, 2.45) is 0 Å². The average molecular weight is 291 g/mol. The van der Waals surface area contributed by atoms with Crippen molar-refractivity contribution >= 4 is 17.6 Å². The lowest BCUT2D eigenvalue weighted by Gasteiger charge is -2.34. The molecule has 2 rings (SSSR count). The van der Waals surface area contributed by atoms with Crippen LogP contribution in [0.1, 0.15) is 45.1 Å². The molecule has 0 spiro atoms. The summed E-state index contributed by atoms with van der Waals surface area (Å²) in [6.45, 7) is 6.20. The third kappa shape index (κ3) is 3.17. The predicted octanol–water partition coefficient (Wildman–Crippen LogP) is 2.79. The van der Waals surface area contributed by atoms with E-state index in [9.17, 15) is 9.59 Å². The number of nitrogens with zero attached hydrogens (tertiary/aromatic N) is 1. The Bertz CT molecular complexity index is 553. The zero-order chi connectivity index (χ0) is 15.6. The zero-order valence-electron chi connectivity index (χ0n) is 12.6. The molecule has 1 N–H and O–H groups in total. The number of carbonyl (C=O) groups is 2. The smallest absolute Gasteiger partial charge is 0.305 e. The molecule has 0 fully saturated rings. The number of hydrogen-bond acceptors (Lipinski definition) is 3. The van der Waals surface area contributed by atoms with Gasteiger partial charge in [0.25, 0.3) is 5.91 Å². The minimum absolute atomic E-state index is 0.0759. The Morgan fingerprint density at radius 1 is 1.43 bits per heavy atom. The second-order valence-electron chi connectivity index (χ2n) is 5.53.